The molecule has 0 saturated carbocycles. The van der Waals surface area contributed by atoms with Gasteiger partial charge in [-0.15, -0.1) is 11.3 Å². The third-order valence-corrected chi connectivity index (χ3v) is 14.3. The largest absolute Gasteiger partial charge is 0.459 e. The predicted octanol–water partition coefficient (Wildman–Crippen LogP) is 6.73. The number of aromatic nitrogens is 1. The van der Waals surface area contributed by atoms with Crippen LogP contribution < -0.4 is 0 Å². The zero-order valence-corrected chi connectivity index (χ0v) is 40.8. The molecule has 16 atom stereocenters. The monoisotopic (exact) mass is 904 g/mol. The van der Waals surface area contributed by atoms with E-state index in [1.54, 1.807) is 71.1 Å². The van der Waals surface area contributed by atoms with E-state index in [1.807, 2.05) is 33.1 Å². The molecule has 5 N–H and O–H groups in total. The Morgan fingerprint density at radius 1 is 1.08 bits per heavy atom. The molecule has 3 heterocycles. The summed E-state index contributed by atoms with van der Waals surface area (Å²) in [6, 6.07) is 0. The molecule has 0 bridgehead atoms. The second-order valence-electron chi connectivity index (χ2n) is 19.3. The van der Waals surface area contributed by atoms with Crippen LogP contribution in [-0.2, 0) is 45.4 Å². The van der Waals surface area contributed by atoms with E-state index >= 15 is 0 Å². The first-order valence-corrected chi connectivity index (χ1v) is 23.3. The average Bonchev–Trinajstić information content (AvgIpc) is 3.56. The summed E-state index contributed by atoms with van der Waals surface area (Å²) in [6.07, 6.45) is 4.00. The highest BCUT2D eigenvalue weighted by molar-refractivity contribution is 7.09. The summed E-state index contributed by atoms with van der Waals surface area (Å²) >= 11 is 1.51. The number of methoxy groups -OCH3 is 1. The van der Waals surface area contributed by atoms with E-state index in [2.05, 4.69) is 0 Å². The van der Waals surface area contributed by atoms with Crippen molar-refractivity contribution in [1.29, 1.82) is 0 Å². The van der Waals surface area contributed by atoms with E-state index in [0.717, 1.165) is 16.3 Å². The summed E-state index contributed by atoms with van der Waals surface area (Å²) in [5.74, 6) is -4.59. The van der Waals surface area contributed by atoms with Gasteiger partial charge in [0.05, 0.1) is 30.1 Å². The maximum atomic E-state index is 14.6. The Morgan fingerprint density at radius 2 is 1.71 bits per heavy atom. The molecule has 1 fully saturated rings. The highest BCUT2D eigenvalue weighted by Gasteiger charge is 2.53. The SMILES string of the molecule is COC1/C(C)=C/C=C/C(C)C(C(C)(O)/C=C(/C)Cc2csc(C3(C)OC3C)n2)OC(=O)C(C)(C(=O)OC(C)C(C)O)CCC(C)CC(O)C(C)C(=O)C(C)/C=C\CC(C)C(O)C1O. The maximum Gasteiger partial charge on any atom is 0.323 e. The lowest BCUT2D eigenvalue weighted by Gasteiger charge is -2.37. The topological polar surface area (TPSA) is 205 Å². The minimum atomic E-state index is -1.90. The fourth-order valence-electron chi connectivity index (χ4n) is 8.07. The zero-order valence-electron chi connectivity index (χ0n) is 40.0. The average molecular weight is 904 g/mol. The number of Topliss-reactive ketones (excluding diaryl/α,β-unsaturated/α-hetero) is 1. The van der Waals surface area contributed by atoms with Crippen molar-refractivity contribution in [2.75, 3.05) is 7.11 Å². The number of aliphatic hydroxyl groups is 5. The fraction of sp³-hybridized carbons (Fsp3) is 0.714. The summed E-state index contributed by atoms with van der Waals surface area (Å²) in [7, 11) is 1.44. The number of aliphatic hydroxyl groups excluding tert-OH is 4. The summed E-state index contributed by atoms with van der Waals surface area (Å²) in [6.45, 7) is 22.4. The number of hydrogen-bond acceptors (Lipinski definition) is 14. The molecule has 14 heteroatoms. The van der Waals surface area contributed by atoms with Crippen molar-refractivity contribution >= 4 is 29.1 Å². The maximum absolute atomic E-state index is 14.6. The third kappa shape index (κ3) is 14.2. The van der Waals surface area contributed by atoms with Gasteiger partial charge in [0.2, 0.25) is 0 Å². The van der Waals surface area contributed by atoms with Crippen molar-refractivity contribution in [1.82, 2.24) is 4.98 Å². The quantitative estimate of drug-likeness (QED) is 0.0756. The Kier molecular flexibility index (Phi) is 19.7. The van der Waals surface area contributed by atoms with Crippen LogP contribution in [0.25, 0.3) is 0 Å². The first-order valence-electron chi connectivity index (χ1n) is 22.5. The highest BCUT2D eigenvalue weighted by atomic mass is 32.1. The van der Waals surface area contributed by atoms with Crippen molar-refractivity contribution < 1.29 is 58.9 Å². The third-order valence-electron chi connectivity index (χ3n) is 13.2. The molecule has 1 saturated heterocycles. The van der Waals surface area contributed by atoms with E-state index in [4.69, 9.17) is 23.9 Å². The number of ketones is 1. The Labute approximate surface area is 379 Å². The number of cyclic esters (lactones) is 1. The van der Waals surface area contributed by atoms with Crippen LogP contribution in [-0.4, -0.2) is 110 Å². The van der Waals surface area contributed by atoms with E-state index < -0.39 is 95.0 Å². The second-order valence-corrected chi connectivity index (χ2v) is 20.1. The minimum Gasteiger partial charge on any atom is -0.459 e. The molecule has 2 aliphatic heterocycles. The Hall–Kier alpha value is -3.08. The molecule has 16 unspecified atom stereocenters. The summed E-state index contributed by atoms with van der Waals surface area (Å²) < 4.78 is 23.3. The molecule has 63 heavy (non-hydrogen) atoms. The van der Waals surface area contributed by atoms with E-state index in [-0.39, 0.29) is 37.1 Å². The molecule has 0 spiro atoms. The molecule has 1 aromatic heterocycles. The lowest BCUT2D eigenvalue weighted by atomic mass is 9.80. The van der Waals surface area contributed by atoms with Crippen LogP contribution in [0.2, 0.25) is 0 Å². The van der Waals surface area contributed by atoms with Gasteiger partial charge in [-0.3, -0.25) is 14.4 Å². The fourth-order valence-corrected chi connectivity index (χ4v) is 9.08. The Morgan fingerprint density at radius 3 is 2.30 bits per heavy atom. The molecule has 0 amide bonds. The summed E-state index contributed by atoms with van der Waals surface area (Å²) in [4.78, 5) is 46.9. The van der Waals surface area contributed by atoms with Gasteiger partial charge in [0.15, 0.2) is 5.41 Å². The zero-order chi connectivity index (χ0) is 47.8. The van der Waals surface area contributed by atoms with Crippen molar-refractivity contribution in [3.63, 3.8) is 0 Å². The number of rotatable bonds is 9. The van der Waals surface area contributed by atoms with E-state index in [0.29, 0.717) is 18.4 Å². The standard InChI is InChI=1S/C49H77NO12S/c1-27-21-22-47(11,45(56)60-35(9)34(8)51)46(57)61-43(48(12,58)25-28(2)23-37-26-63-44(50-37)49(13)36(10)62-49)32(6)20-16-19-31(5)42(59-14)41(55)40(54)30(4)18-15-17-29(3)39(53)33(7)38(52)24-27/h15-17,19-20,25-27,29-30,32-36,38,40-43,51-52,54-55,58H,18,21-24H2,1-14H3/b17-15-,20-16+,28-25-,31-19+. The number of nitrogens with zero attached hydrogens (tertiary/aromatic N) is 1. The van der Waals surface area contributed by atoms with Crippen molar-refractivity contribution in [3.05, 3.63) is 63.7 Å². The molecule has 0 radical (unpaired) electrons. The molecular formula is C49H77NO12S. The Bertz CT molecular complexity index is 1820. The van der Waals surface area contributed by atoms with Crippen molar-refractivity contribution in [3.8, 4) is 0 Å². The van der Waals surface area contributed by atoms with Gasteiger partial charge in [0, 0.05) is 36.7 Å². The normalized spacial score (nSPS) is 38.7. The molecule has 13 nitrogen and oxygen atoms in total. The van der Waals surface area contributed by atoms with Gasteiger partial charge >= 0.3 is 11.9 Å². The van der Waals surface area contributed by atoms with Crippen LogP contribution in [0.15, 0.2) is 53.0 Å². The first-order chi connectivity index (χ1) is 29.2. The van der Waals surface area contributed by atoms with E-state index in [1.165, 1.54) is 46.1 Å². The molecule has 2 aliphatic rings. The van der Waals surface area contributed by atoms with Gasteiger partial charge in [0.25, 0.3) is 0 Å². The molecule has 1 aromatic rings. The number of carbonyl (C=O) groups is 3. The second kappa shape index (κ2) is 22.9. The number of epoxide rings is 1. The number of hydrogen-bond donors (Lipinski definition) is 5. The predicted molar refractivity (Wildman–Crippen MR) is 243 cm³/mol. The summed E-state index contributed by atoms with van der Waals surface area (Å²) in [5, 5.41) is 59.1. The van der Waals surface area contributed by atoms with Crippen LogP contribution >= 0.6 is 11.3 Å². The molecule has 0 aromatic carbocycles. The number of thiazole rings is 1. The van der Waals surface area contributed by atoms with Gasteiger partial charge < -0.3 is 44.5 Å². The number of ether oxygens (including phenoxy) is 4. The van der Waals surface area contributed by atoms with Crippen LogP contribution in [0.3, 0.4) is 0 Å². The lowest BCUT2D eigenvalue weighted by Crippen LogP contribution is -2.49. The van der Waals surface area contributed by atoms with Crippen LogP contribution in [0.5, 0.6) is 0 Å². The van der Waals surface area contributed by atoms with Crippen molar-refractivity contribution in [2.45, 2.75) is 182 Å². The van der Waals surface area contributed by atoms with Gasteiger partial charge in [-0.25, -0.2) is 4.98 Å². The first kappa shape index (κ1) is 54.3. The molecule has 0 aliphatic carbocycles. The van der Waals surface area contributed by atoms with Gasteiger partial charge in [-0.1, -0.05) is 76.6 Å². The molecule has 3 rings (SSSR count). The highest BCUT2D eigenvalue weighted by Crippen LogP contribution is 2.46. The van der Waals surface area contributed by atoms with Crippen LogP contribution in [0.4, 0.5) is 0 Å². The minimum absolute atomic E-state index is 0.0549. The lowest BCUT2D eigenvalue weighted by molar-refractivity contribution is -0.187. The number of esters is 2. The van der Waals surface area contributed by atoms with Crippen LogP contribution in [0, 0.1) is 35.0 Å². The van der Waals surface area contributed by atoms with Crippen LogP contribution in [0.1, 0.15) is 126 Å². The number of carbonyl (C=O) groups excluding carboxylic acids is 3. The molecular weight excluding hydrogens is 827 g/mol. The van der Waals surface area contributed by atoms with Gasteiger partial charge in [-0.05, 0) is 98.5 Å². The van der Waals surface area contributed by atoms with E-state index in [9.17, 15) is 39.9 Å². The number of allylic oxidation sites excluding steroid dienone is 5. The Balaban J connectivity index is 2.12. The summed E-state index contributed by atoms with van der Waals surface area (Å²) in [5.41, 5.74) is -1.98. The van der Waals surface area contributed by atoms with Gasteiger partial charge in [0.1, 0.15) is 46.4 Å². The smallest absolute Gasteiger partial charge is 0.323 e. The van der Waals surface area contributed by atoms with Gasteiger partial charge in [-0.2, -0.15) is 0 Å². The molecule has 356 valence electrons. The van der Waals surface area contributed by atoms with Crippen molar-refractivity contribution in [2.24, 2.45) is 35.0 Å².